The number of aromatic nitrogens is 2. The fourth-order valence-electron chi connectivity index (χ4n) is 2.57. The molecule has 0 amide bonds. The molecular formula is C14H12ClFN2O2. The number of hydrogen-bond donors (Lipinski definition) is 1. The van der Waals surface area contributed by atoms with Gasteiger partial charge in [0.25, 0.3) is 0 Å². The van der Waals surface area contributed by atoms with E-state index in [9.17, 15) is 9.18 Å². The minimum absolute atomic E-state index is 0.301. The summed E-state index contributed by atoms with van der Waals surface area (Å²) in [6, 6.07) is 6.14. The van der Waals surface area contributed by atoms with Gasteiger partial charge in [0, 0.05) is 18.5 Å². The van der Waals surface area contributed by atoms with Crippen LogP contribution in [0.1, 0.15) is 12.1 Å². The summed E-state index contributed by atoms with van der Waals surface area (Å²) in [7, 11) is 0. The van der Waals surface area contributed by atoms with Gasteiger partial charge in [0.1, 0.15) is 11.6 Å². The molecule has 3 rings (SSSR count). The van der Waals surface area contributed by atoms with Gasteiger partial charge in [-0.2, -0.15) is 0 Å². The van der Waals surface area contributed by atoms with E-state index in [1.165, 1.54) is 12.1 Å². The van der Waals surface area contributed by atoms with Gasteiger partial charge in [-0.25, -0.2) is 9.37 Å². The maximum Gasteiger partial charge on any atom is 0.306 e. The lowest BCUT2D eigenvalue weighted by Gasteiger charge is -2.22. The van der Waals surface area contributed by atoms with E-state index in [4.69, 9.17) is 16.7 Å². The highest BCUT2D eigenvalue weighted by Gasteiger charge is 2.29. The number of aliphatic carboxylic acids is 1. The Hall–Kier alpha value is -1.88. The molecule has 1 aromatic heterocycles. The molecular weight excluding hydrogens is 283 g/mol. The van der Waals surface area contributed by atoms with Gasteiger partial charge >= 0.3 is 5.97 Å². The zero-order valence-electron chi connectivity index (χ0n) is 10.5. The summed E-state index contributed by atoms with van der Waals surface area (Å²) in [6.07, 6.45) is 0.883. The number of halogens is 2. The second-order valence-corrected chi connectivity index (χ2v) is 5.22. The average Bonchev–Trinajstić information content (AvgIpc) is 2.76. The van der Waals surface area contributed by atoms with Crippen molar-refractivity contribution in [3.05, 3.63) is 40.9 Å². The average molecular weight is 295 g/mol. The number of carboxylic acid groups (broad SMARTS) is 1. The number of hydrogen-bond acceptors (Lipinski definition) is 2. The van der Waals surface area contributed by atoms with Gasteiger partial charge in [0.15, 0.2) is 5.15 Å². The van der Waals surface area contributed by atoms with Gasteiger partial charge in [0.2, 0.25) is 0 Å². The smallest absolute Gasteiger partial charge is 0.306 e. The van der Waals surface area contributed by atoms with E-state index in [1.807, 2.05) is 4.57 Å². The molecule has 0 saturated heterocycles. The van der Waals surface area contributed by atoms with Crippen molar-refractivity contribution in [2.45, 2.75) is 19.4 Å². The Bertz CT molecular complexity index is 684. The van der Waals surface area contributed by atoms with E-state index < -0.39 is 11.9 Å². The van der Waals surface area contributed by atoms with Crippen LogP contribution in [0.3, 0.4) is 0 Å². The molecule has 0 radical (unpaired) electrons. The fraction of sp³-hybridized carbons (Fsp3) is 0.286. The van der Waals surface area contributed by atoms with Crippen molar-refractivity contribution in [3.63, 3.8) is 0 Å². The van der Waals surface area contributed by atoms with Crippen LogP contribution >= 0.6 is 11.6 Å². The third kappa shape index (κ3) is 2.18. The van der Waals surface area contributed by atoms with Gasteiger partial charge in [-0.15, -0.1) is 0 Å². The predicted octanol–water partition coefficient (Wildman–Crippen LogP) is 2.99. The Labute approximate surface area is 119 Å². The van der Waals surface area contributed by atoms with Crippen LogP contribution in [0.5, 0.6) is 0 Å². The van der Waals surface area contributed by atoms with Crippen LogP contribution < -0.4 is 0 Å². The zero-order valence-corrected chi connectivity index (χ0v) is 11.3. The van der Waals surface area contributed by atoms with Crippen LogP contribution in [-0.4, -0.2) is 20.6 Å². The third-order valence-corrected chi connectivity index (χ3v) is 3.90. The summed E-state index contributed by atoms with van der Waals surface area (Å²) in [5, 5.41) is 9.39. The predicted molar refractivity (Wildman–Crippen MR) is 72.1 cm³/mol. The molecule has 0 bridgehead atoms. The molecule has 1 atom stereocenters. The molecule has 4 nitrogen and oxygen atoms in total. The number of carbonyl (C=O) groups is 1. The highest BCUT2D eigenvalue weighted by Crippen LogP contribution is 2.32. The Morgan fingerprint density at radius 1 is 1.50 bits per heavy atom. The number of imidazole rings is 1. The van der Waals surface area contributed by atoms with E-state index in [1.54, 1.807) is 12.1 Å². The molecule has 0 saturated carbocycles. The lowest BCUT2D eigenvalue weighted by atomic mass is 9.96. The van der Waals surface area contributed by atoms with Crippen LogP contribution in [-0.2, 0) is 17.8 Å². The van der Waals surface area contributed by atoms with Crippen molar-refractivity contribution in [3.8, 4) is 11.4 Å². The molecule has 1 unspecified atom stereocenters. The molecule has 2 aromatic rings. The lowest BCUT2D eigenvalue weighted by Crippen LogP contribution is -2.25. The second kappa shape index (κ2) is 4.90. The van der Waals surface area contributed by atoms with E-state index in [-0.39, 0.29) is 5.82 Å². The van der Waals surface area contributed by atoms with E-state index >= 15 is 0 Å². The number of nitrogens with zero attached hydrogens (tertiary/aromatic N) is 2. The van der Waals surface area contributed by atoms with Crippen LogP contribution in [0.4, 0.5) is 4.39 Å². The van der Waals surface area contributed by atoms with Crippen LogP contribution in [0.2, 0.25) is 5.15 Å². The Morgan fingerprint density at radius 3 is 3.00 bits per heavy atom. The van der Waals surface area contributed by atoms with Crippen molar-refractivity contribution in [2.24, 2.45) is 5.92 Å². The van der Waals surface area contributed by atoms with Crippen LogP contribution in [0, 0.1) is 11.7 Å². The standard InChI is InChI=1S/C14H12ClFN2O2/c15-12-11-7-9(14(19)20)4-5-18(11)13(17-12)8-2-1-3-10(16)6-8/h1-3,6,9H,4-5,7H2,(H,19,20). The first-order valence-corrected chi connectivity index (χ1v) is 6.67. The molecule has 2 heterocycles. The number of fused-ring (bicyclic) bond motifs is 1. The van der Waals surface area contributed by atoms with Gasteiger partial charge in [0.05, 0.1) is 11.6 Å². The summed E-state index contributed by atoms with van der Waals surface area (Å²) >= 11 is 6.10. The van der Waals surface area contributed by atoms with Gasteiger partial charge in [-0.3, -0.25) is 4.79 Å². The Kier molecular flexibility index (Phi) is 3.22. The van der Waals surface area contributed by atoms with Crippen molar-refractivity contribution in [1.29, 1.82) is 0 Å². The quantitative estimate of drug-likeness (QED) is 0.926. The largest absolute Gasteiger partial charge is 0.481 e. The maximum atomic E-state index is 13.3. The van der Waals surface area contributed by atoms with Crippen molar-refractivity contribution in [1.82, 2.24) is 9.55 Å². The second-order valence-electron chi connectivity index (χ2n) is 4.86. The summed E-state index contributed by atoms with van der Waals surface area (Å²) < 4.78 is 15.2. The minimum atomic E-state index is -0.819. The summed E-state index contributed by atoms with van der Waals surface area (Å²) in [6.45, 7) is 0.526. The molecule has 6 heteroatoms. The number of benzene rings is 1. The van der Waals surface area contributed by atoms with Crippen molar-refractivity contribution in [2.75, 3.05) is 0 Å². The molecule has 0 aliphatic carbocycles. The van der Waals surface area contributed by atoms with Gasteiger partial charge in [-0.05, 0) is 18.6 Å². The molecule has 1 aliphatic heterocycles. The summed E-state index contributed by atoms with van der Waals surface area (Å²) in [4.78, 5) is 15.3. The maximum absolute atomic E-state index is 13.3. The number of rotatable bonds is 2. The lowest BCUT2D eigenvalue weighted by molar-refractivity contribution is -0.142. The molecule has 20 heavy (non-hydrogen) atoms. The van der Waals surface area contributed by atoms with Crippen molar-refractivity contribution >= 4 is 17.6 Å². The fourth-order valence-corrected chi connectivity index (χ4v) is 2.83. The Balaban J connectivity index is 2.04. The molecule has 0 fully saturated rings. The van der Waals surface area contributed by atoms with E-state index in [0.29, 0.717) is 41.6 Å². The minimum Gasteiger partial charge on any atom is -0.481 e. The zero-order chi connectivity index (χ0) is 14.3. The monoisotopic (exact) mass is 294 g/mol. The first-order valence-electron chi connectivity index (χ1n) is 6.30. The van der Waals surface area contributed by atoms with Crippen LogP contribution in [0.15, 0.2) is 24.3 Å². The number of carboxylic acids is 1. The van der Waals surface area contributed by atoms with Gasteiger partial charge < -0.3 is 9.67 Å². The first kappa shape index (κ1) is 13.1. The first-order chi connectivity index (χ1) is 9.56. The third-order valence-electron chi connectivity index (χ3n) is 3.60. The van der Waals surface area contributed by atoms with Crippen LogP contribution in [0.25, 0.3) is 11.4 Å². The normalized spacial score (nSPS) is 17.8. The highest BCUT2D eigenvalue weighted by molar-refractivity contribution is 6.30. The summed E-state index contributed by atoms with van der Waals surface area (Å²) in [5.41, 5.74) is 1.36. The van der Waals surface area contributed by atoms with Crippen molar-refractivity contribution < 1.29 is 14.3 Å². The summed E-state index contributed by atoms with van der Waals surface area (Å²) in [5.74, 6) is -0.999. The molecule has 0 spiro atoms. The topological polar surface area (TPSA) is 55.1 Å². The molecule has 1 N–H and O–H groups in total. The highest BCUT2D eigenvalue weighted by atomic mass is 35.5. The molecule has 104 valence electrons. The van der Waals surface area contributed by atoms with E-state index in [2.05, 4.69) is 4.98 Å². The molecule has 1 aliphatic rings. The SMILES string of the molecule is O=C(O)C1CCn2c(-c3cccc(F)c3)nc(Cl)c2C1. The van der Waals surface area contributed by atoms with Gasteiger partial charge in [-0.1, -0.05) is 23.7 Å². The Morgan fingerprint density at radius 2 is 2.30 bits per heavy atom. The van der Waals surface area contributed by atoms with E-state index in [0.717, 1.165) is 0 Å². The molecule has 1 aromatic carbocycles.